The van der Waals surface area contributed by atoms with E-state index in [1.54, 1.807) is 78.9 Å². The molecule has 0 bridgehead atoms. The van der Waals surface area contributed by atoms with Gasteiger partial charge in [0, 0.05) is 34.7 Å². The van der Waals surface area contributed by atoms with E-state index in [1.807, 2.05) is 11.0 Å². The largest absolute Gasteiger partial charge is 0.427 e. The molecule has 6 nitrogen and oxygen atoms in total. The Hall–Kier alpha value is -4.39. The maximum atomic E-state index is 14.1. The summed E-state index contributed by atoms with van der Waals surface area (Å²) >= 11 is 6.14. The number of benzene rings is 3. The molecule has 2 aliphatic heterocycles. The third-order valence-corrected chi connectivity index (χ3v) is 7.05. The first-order valence-corrected chi connectivity index (χ1v) is 11.7. The summed E-state index contributed by atoms with van der Waals surface area (Å²) in [5, 5.41) is 21.5. The number of nitrogens with zero attached hydrogens (tertiary/aromatic N) is 3. The van der Waals surface area contributed by atoms with Crippen LogP contribution < -0.4 is 9.64 Å². The summed E-state index contributed by atoms with van der Waals surface area (Å²) in [7, 11) is 0. The van der Waals surface area contributed by atoms with Gasteiger partial charge in [-0.15, -0.1) is 0 Å². The second-order valence-corrected chi connectivity index (χ2v) is 9.26. The number of fused-ring (bicyclic) bond motifs is 3. The fraction of sp³-hybridized carbons (Fsp3) is 0.172. The molecule has 1 fully saturated rings. The Labute approximate surface area is 213 Å². The summed E-state index contributed by atoms with van der Waals surface area (Å²) in [5.41, 5.74) is 1.01. The Morgan fingerprint density at radius 2 is 1.69 bits per heavy atom. The number of nitriles is 2. The van der Waals surface area contributed by atoms with Crippen molar-refractivity contribution in [3.8, 4) is 17.9 Å². The number of Topliss-reactive ketones (excluding diaryl/α,β-unsaturated/α-hetero) is 1. The first-order chi connectivity index (χ1) is 17.4. The summed E-state index contributed by atoms with van der Waals surface area (Å²) in [6.07, 6.45) is 3.59. The highest BCUT2D eigenvalue weighted by molar-refractivity contribution is 6.30. The zero-order valence-corrected chi connectivity index (χ0v) is 20.0. The molecule has 2 aliphatic rings. The highest BCUT2D eigenvalue weighted by Crippen LogP contribution is 2.55. The average Bonchev–Trinajstić information content (AvgIpc) is 3.19. The van der Waals surface area contributed by atoms with Gasteiger partial charge in [0.25, 0.3) is 0 Å². The molecular weight excluding hydrogens is 474 g/mol. The molecule has 0 radical (unpaired) electrons. The van der Waals surface area contributed by atoms with Crippen molar-refractivity contribution in [3.63, 3.8) is 0 Å². The Kier molecular flexibility index (Phi) is 5.84. The minimum Gasteiger partial charge on any atom is -0.427 e. The fourth-order valence-electron chi connectivity index (χ4n) is 5.32. The number of carbonyl (C=O) groups is 2. The summed E-state index contributed by atoms with van der Waals surface area (Å²) in [5.74, 6) is -1.03. The molecule has 5 rings (SSSR count). The van der Waals surface area contributed by atoms with Gasteiger partial charge in [-0.2, -0.15) is 10.5 Å². The Morgan fingerprint density at radius 1 is 1.00 bits per heavy atom. The van der Waals surface area contributed by atoms with Crippen LogP contribution in [0.4, 0.5) is 5.69 Å². The van der Waals surface area contributed by atoms with Gasteiger partial charge < -0.3 is 9.64 Å². The van der Waals surface area contributed by atoms with Crippen molar-refractivity contribution in [2.75, 3.05) is 4.90 Å². The van der Waals surface area contributed by atoms with E-state index in [0.717, 1.165) is 5.56 Å². The number of esters is 1. The SMILES string of the molecule is CC(=O)Oc1ccc2c(c1)C=C[C@@H]1N2[C@H](C(=O)c2ccccc2)[C@@H](c2ccc(Cl)cc2)C1(C#N)C#N. The molecule has 0 N–H and O–H groups in total. The van der Waals surface area contributed by atoms with E-state index in [-0.39, 0.29) is 5.78 Å². The molecule has 0 spiro atoms. The second kappa shape index (κ2) is 9.00. The van der Waals surface area contributed by atoms with E-state index in [2.05, 4.69) is 12.1 Å². The number of ketones is 1. The minimum absolute atomic E-state index is 0.196. The first-order valence-electron chi connectivity index (χ1n) is 11.4. The molecule has 0 unspecified atom stereocenters. The molecule has 0 aliphatic carbocycles. The summed E-state index contributed by atoms with van der Waals surface area (Å²) in [6.45, 7) is 1.32. The Morgan fingerprint density at radius 3 is 2.33 bits per heavy atom. The van der Waals surface area contributed by atoms with E-state index >= 15 is 0 Å². The van der Waals surface area contributed by atoms with Gasteiger partial charge in [0.05, 0.1) is 18.2 Å². The van der Waals surface area contributed by atoms with Crippen molar-refractivity contribution in [2.45, 2.75) is 24.9 Å². The van der Waals surface area contributed by atoms with Gasteiger partial charge in [-0.3, -0.25) is 9.59 Å². The van der Waals surface area contributed by atoms with Crippen LogP contribution in [0.1, 0.15) is 34.3 Å². The minimum atomic E-state index is -1.55. The summed E-state index contributed by atoms with van der Waals surface area (Å²) in [6, 6.07) is 24.0. The van der Waals surface area contributed by atoms with Crippen molar-refractivity contribution in [1.29, 1.82) is 10.5 Å². The zero-order chi connectivity index (χ0) is 25.4. The number of rotatable bonds is 4. The second-order valence-electron chi connectivity index (χ2n) is 8.82. The van der Waals surface area contributed by atoms with Crippen molar-refractivity contribution in [2.24, 2.45) is 5.41 Å². The lowest BCUT2D eigenvalue weighted by Gasteiger charge is -2.35. The standard InChI is InChI=1S/C29H20ClN3O3/c1-18(34)36-23-12-13-24-21(15-23)9-14-25-29(16-31,17-32)26(19-7-10-22(30)11-8-19)27(33(24)25)28(35)20-5-3-2-4-6-20/h2-15,25-27H,1H3/t25-,26+,27-/m0/s1. The molecular formula is C29H20ClN3O3. The highest BCUT2D eigenvalue weighted by atomic mass is 35.5. The van der Waals surface area contributed by atoms with Crippen molar-refractivity contribution >= 4 is 35.1 Å². The van der Waals surface area contributed by atoms with Crippen LogP contribution in [-0.4, -0.2) is 23.8 Å². The smallest absolute Gasteiger partial charge is 0.308 e. The number of hydrogen-bond acceptors (Lipinski definition) is 6. The molecule has 0 amide bonds. The number of halogens is 1. The Balaban J connectivity index is 1.74. The third kappa shape index (κ3) is 3.64. The van der Waals surface area contributed by atoms with Crippen molar-refractivity contribution in [3.05, 3.63) is 101 Å². The molecule has 2 heterocycles. The quantitative estimate of drug-likeness (QED) is 0.269. The lowest BCUT2D eigenvalue weighted by Crippen LogP contribution is -2.44. The van der Waals surface area contributed by atoms with Gasteiger partial charge in [-0.1, -0.05) is 66.2 Å². The maximum Gasteiger partial charge on any atom is 0.308 e. The topological polar surface area (TPSA) is 94.2 Å². The third-order valence-electron chi connectivity index (χ3n) is 6.80. The Bertz CT molecular complexity index is 1450. The van der Waals surface area contributed by atoms with Crippen LogP contribution in [0.3, 0.4) is 0 Å². The van der Waals surface area contributed by atoms with E-state index in [0.29, 0.717) is 27.6 Å². The predicted octanol–water partition coefficient (Wildman–Crippen LogP) is 5.55. The monoisotopic (exact) mass is 493 g/mol. The molecule has 3 atom stereocenters. The predicted molar refractivity (Wildman–Crippen MR) is 135 cm³/mol. The van der Waals surface area contributed by atoms with Gasteiger partial charge in [0.1, 0.15) is 11.8 Å². The molecule has 7 heteroatoms. The van der Waals surface area contributed by atoms with Crippen molar-refractivity contribution < 1.29 is 14.3 Å². The van der Waals surface area contributed by atoms with Crippen molar-refractivity contribution in [1.82, 2.24) is 0 Å². The maximum absolute atomic E-state index is 14.1. The van der Waals surface area contributed by atoms with Crippen LogP contribution in [0.5, 0.6) is 5.75 Å². The van der Waals surface area contributed by atoms with E-state index in [9.17, 15) is 20.1 Å². The van der Waals surface area contributed by atoms with Crippen LogP contribution in [-0.2, 0) is 4.79 Å². The highest BCUT2D eigenvalue weighted by Gasteiger charge is 2.63. The van der Waals surface area contributed by atoms with Crippen LogP contribution in [0.25, 0.3) is 6.08 Å². The molecule has 0 saturated carbocycles. The van der Waals surface area contributed by atoms with Crippen LogP contribution in [0, 0.1) is 28.1 Å². The van der Waals surface area contributed by atoms with Crippen LogP contribution >= 0.6 is 11.6 Å². The lowest BCUT2D eigenvalue weighted by molar-refractivity contribution is -0.131. The molecule has 3 aromatic carbocycles. The molecule has 3 aromatic rings. The van der Waals surface area contributed by atoms with Crippen LogP contribution in [0.15, 0.2) is 78.9 Å². The number of ether oxygens (including phenoxy) is 1. The fourth-order valence-corrected chi connectivity index (χ4v) is 5.44. The van der Waals surface area contributed by atoms with Gasteiger partial charge in [0.2, 0.25) is 0 Å². The zero-order valence-electron chi connectivity index (χ0n) is 19.3. The number of carbonyl (C=O) groups excluding carboxylic acids is 2. The van der Waals surface area contributed by atoms with Crippen LogP contribution in [0.2, 0.25) is 5.02 Å². The normalized spacial score (nSPS) is 21.0. The first kappa shape index (κ1) is 23.4. The van der Waals surface area contributed by atoms with Gasteiger partial charge in [0.15, 0.2) is 11.2 Å². The van der Waals surface area contributed by atoms with E-state index < -0.39 is 29.4 Å². The summed E-state index contributed by atoms with van der Waals surface area (Å²) < 4.78 is 5.24. The number of anilines is 1. The molecule has 0 aromatic heterocycles. The summed E-state index contributed by atoms with van der Waals surface area (Å²) in [4.78, 5) is 27.5. The van der Waals surface area contributed by atoms with Gasteiger partial charge in [-0.25, -0.2) is 0 Å². The van der Waals surface area contributed by atoms with E-state index in [1.165, 1.54) is 6.92 Å². The average molecular weight is 494 g/mol. The van der Waals surface area contributed by atoms with Gasteiger partial charge >= 0.3 is 5.97 Å². The van der Waals surface area contributed by atoms with E-state index in [4.69, 9.17) is 16.3 Å². The molecule has 1 saturated heterocycles. The lowest BCUT2D eigenvalue weighted by atomic mass is 9.69. The number of hydrogen-bond donors (Lipinski definition) is 0. The molecule has 176 valence electrons. The molecule has 36 heavy (non-hydrogen) atoms. The van der Waals surface area contributed by atoms with Gasteiger partial charge in [-0.05, 0) is 35.9 Å².